The number of aromatic nitrogens is 2. The molecular formula is C30H27N3O3S. The third kappa shape index (κ3) is 4.78. The van der Waals surface area contributed by atoms with Crippen molar-refractivity contribution in [3.63, 3.8) is 0 Å². The van der Waals surface area contributed by atoms with Crippen molar-refractivity contribution in [2.45, 2.75) is 17.9 Å². The Morgan fingerprint density at radius 3 is 1.86 bits per heavy atom. The normalized spacial score (nSPS) is 11.7. The number of aryl methyl sites for hydroxylation is 1. The zero-order valence-corrected chi connectivity index (χ0v) is 21.7. The minimum atomic E-state index is -3.28. The molecule has 1 heterocycles. The van der Waals surface area contributed by atoms with Crippen molar-refractivity contribution < 1.29 is 8.42 Å². The van der Waals surface area contributed by atoms with Gasteiger partial charge in [-0.15, -0.1) is 0 Å². The summed E-state index contributed by atoms with van der Waals surface area (Å²) < 4.78 is 25.4. The second-order valence-corrected chi connectivity index (χ2v) is 11.1. The molecule has 0 atom stereocenters. The van der Waals surface area contributed by atoms with Gasteiger partial charge in [0, 0.05) is 24.7 Å². The zero-order valence-electron chi connectivity index (χ0n) is 20.9. The van der Waals surface area contributed by atoms with E-state index in [4.69, 9.17) is 4.98 Å². The van der Waals surface area contributed by atoms with E-state index in [0.717, 1.165) is 22.5 Å². The number of nitrogens with zero attached hydrogens (tertiary/aromatic N) is 3. The molecule has 4 aromatic carbocycles. The number of rotatable bonds is 6. The minimum absolute atomic E-state index is 0.122. The second-order valence-electron chi connectivity index (χ2n) is 9.08. The topological polar surface area (TPSA) is 72.3 Å². The van der Waals surface area contributed by atoms with E-state index in [2.05, 4.69) is 0 Å². The molecule has 37 heavy (non-hydrogen) atoms. The fraction of sp³-hybridized carbons (Fsp3) is 0.133. The summed E-state index contributed by atoms with van der Waals surface area (Å²) in [6.07, 6.45) is 1.19. The molecule has 0 bridgehead atoms. The van der Waals surface area contributed by atoms with Crippen LogP contribution in [0.2, 0.25) is 0 Å². The molecule has 0 spiro atoms. The molecule has 0 aliphatic carbocycles. The molecule has 5 aromatic rings. The fourth-order valence-electron chi connectivity index (χ4n) is 4.64. The maximum Gasteiger partial charge on any atom is 0.262 e. The van der Waals surface area contributed by atoms with Gasteiger partial charge in [0.25, 0.3) is 5.56 Å². The van der Waals surface area contributed by atoms with Crippen LogP contribution in [0.3, 0.4) is 0 Å². The highest BCUT2D eigenvalue weighted by Crippen LogP contribution is 2.29. The Labute approximate surface area is 216 Å². The van der Waals surface area contributed by atoms with Gasteiger partial charge < -0.3 is 4.90 Å². The largest absolute Gasteiger partial charge is 0.345 e. The van der Waals surface area contributed by atoms with Crippen molar-refractivity contribution in [1.82, 2.24) is 9.55 Å². The number of sulfone groups is 1. The standard InChI is InChI=1S/C30H27N3O3S/c1-21-31-28-19-16-25(32(2)24-14-17-26(18-15-24)37(3,35)36)20-27(28)30(34)33(21)29(22-10-6-4-7-11-22)23-12-8-5-9-13-23/h4-20,29H,1-3H3. The zero-order chi connectivity index (χ0) is 26.2. The number of hydrogen-bond donors (Lipinski definition) is 0. The monoisotopic (exact) mass is 509 g/mol. The summed E-state index contributed by atoms with van der Waals surface area (Å²) in [6, 6.07) is 31.9. The van der Waals surface area contributed by atoms with Crippen molar-refractivity contribution in [3.8, 4) is 0 Å². The van der Waals surface area contributed by atoms with Crippen LogP contribution >= 0.6 is 0 Å². The average molecular weight is 510 g/mol. The lowest BCUT2D eigenvalue weighted by atomic mass is 9.98. The first-order valence-electron chi connectivity index (χ1n) is 11.9. The Hall–Kier alpha value is -4.23. The third-order valence-corrected chi connectivity index (χ3v) is 7.72. The third-order valence-electron chi connectivity index (χ3n) is 6.59. The average Bonchev–Trinajstić information content (AvgIpc) is 2.91. The van der Waals surface area contributed by atoms with E-state index in [1.54, 1.807) is 28.8 Å². The molecule has 0 N–H and O–H groups in total. The predicted molar refractivity (Wildman–Crippen MR) is 148 cm³/mol. The highest BCUT2D eigenvalue weighted by Gasteiger charge is 2.22. The molecule has 0 fully saturated rings. The Morgan fingerprint density at radius 1 is 0.784 bits per heavy atom. The molecule has 0 unspecified atom stereocenters. The van der Waals surface area contributed by atoms with Gasteiger partial charge in [-0.05, 0) is 60.5 Å². The van der Waals surface area contributed by atoms with Crippen LogP contribution in [-0.4, -0.2) is 31.3 Å². The van der Waals surface area contributed by atoms with Gasteiger partial charge in [0.05, 0.1) is 21.8 Å². The predicted octanol–water partition coefficient (Wildman–Crippen LogP) is 5.51. The fourth-order valence-corrected chi connectivity index (χ4v) is 5.27. The minimum Gasteiger partial charge on any atom is -0.345 e. The van der Waals surface area contributed by atoms with Gasteiger partial charge in [-0.3, -0.25) is 9.36 Å². The van der Waals surface area contributed by atoms with Crippen LogP contribution in [-0.2, 0) is 9.84 Å². The van der Waals surface area contributed by atoms with Crippen LogP contribution < -0.4 is 10.5 Å². The van der Waals surface area contributed by atoms with E-state index in [-0.39, 0.29) is 16.5 Å². The van der Waals surface area contributed by atoms with E-state index in [9.17, 15) is 13.2 Å². The smallest absolute Gasteiger partial charge is 0.262 e. The van der Waals surface area contributed by atoms with Gasteiger partial charge in [0.2, 0.25) is 0 Å². The Morgan fingerprint density at radius 2 is 1.32 bits per heavy atom. The molecule has 0 radical (unpaired) electrons. The summed E-state index contributed by atoms with van der Waals surface area (Å²) in [5, 5.41) is 0.513. The van der Waals surface area contributed by atoms with Gasteiger partial charge in [-0.2, -0.15) is 0 Å². The Bertz CT molecular complexity index is 1690. The van der Waals surface area contributed by atoms with Crippen molar-refractivity contribution in [2.24, 2.45) is 0 Å². The summed E-state index contributed by atoms with van der Waals surface area (Å²) in [6.45, 7) is 1.86. The molecule has 1 aromatic heterocycles. The van der Waals surface area contributed by atoms with Gasteiger partial charge in [-0.1, -0.05) is 60.7 Å². The summed E-state index contributed by atoms with van der Waals surface area (Å²) in [5.41, 5.74) is 4.10. The van der Waals surface area contributed by atoms with Crippen molar-refractivity contribution in [3.05, 3.63) is 130 Å². The molecule has 0 amide bonds. The molecular weight excluding hydrogens is 482 g/mol. The number of anilines is 2. The second kappa shape index (κ2) is 9.67. The lowest BCUT2D eigenvalue weighted by Crippen LogP contribution is -2.29. The van der Waals surface area contributed by atoms with Crippen LogP contribution in [0, 0.1) is 6.92 Å². The molecule has 0 aliphatic rings. The quantitative estimate of drug-likeness (QED) is 0.302. The lowest BCUT2D eigenvalue weighted by Gasteiger charge is -2.24. The van der Waals surface area contributed by atoms with Crippen LogP contribution in [0.4, 0.5) is 11.4 Å². The van der Waals surface area contributed by atoms with Gasteiger partial charge >= 0.3 is 0 Å². The maximum atomic E-state index is 14.0. The first-order chi connectivity index (χ1) is 17.7. The van der Waals surface area contributed by atoms with Gasteiger partial charge in [0.15, 0.2) is 9.84 Å². The molecule has 0 aliphatic heterocycles. The molecule has 0 saturated heterocycles. The molecule has 186 valence electrons. The van der Waals surface area contributed by atoms with E-state index in [1.807, 2.05) is 97.7 Å². The lowest BCUT2D eigenvalue weighted by molar-refractivity contribution is 0.602. The molecule has 5 rings (SSSR count). The Balaban J connectivity index is 1.64. The van der Waals surface area contributed by atoms with Crippen LogP contribution in [0.5, 0.6) is 0 Å². The highest BCUT2D eigenvalue weighted by atomic mass is 32.2. The number of benzene rings is 4. The van der Waals surface area contributed by atoms with Crippen LogP contribution in [0.25, 0.3) is 10.9 Å². The number of fused-ring (bicyclic) bond motifs is 1. The number of hydrogen-bond acceptors (Lipinski definition) is 5. The van der Waals surface area contributed by atoms with Crippen molar-refractivity contribution in [2.75, 3.05) is 18.2 Å². The van der Waals surface area contributed by atoms with Gasteiger partial charge in [-0.25, -0.2) is 13.4 Å². The van der Waals surface area contributed by atoms with Crippen LogP contribution in [0.1, 0.15) is 23.0 Å². The summed E-state index contributed by atoms with van der Waals surface area (Å²) >= 11 is 0. The summed E-state index contributed by atoms with van der Waals surface area (Å²) in [4.78, 5) is 21.0. The first-order valence-corrected chi connectivity index (χ1v) is 13.8. The van der Waals surface area contributed by atoms with Crippen molar-refractivity contribution in [1.29, 1.82) is 0 Å². The van der Waals surface area contributed by atoms with Crippen LogP contribution in [0.15, 0.2) is 113 Å². The maximum absolute atomic E-state index is 14.0. The first kappa shape index (κ1) is 24.5. The summed E-state index contributed by atoms with van der Waals surface area (Å²) in [5.74, 6) is 0.632. The Kier molecular flexibility index (Phi) is 6.39. The highest BCUT2D eigenvalue weighted by molar-refractivity contribution is 7.90. The van der Waals surface area contributed by atoms with Crippen molar-refractivity contribution >= 4 is 32.1 Å². The molecule has 7 heteroatoms. The van der Waals surface area contributed by atoms with E-state index < -0.39 is 9.84 Å². The van der Waals surface area contributed by atoms with E-state index in [1.165, 1.54) is 6.26 Å². The van der Waals surface area contributed by atoms with Gasteiger partial charge in [0.1, 0.15) is 5.82 Å². The molecule has 6 nitrogen and oxygen atoms in total. The SMILES string of the molecule is Cc1nc2ccc(N(C)c3ccc(S(C)(=O)=O)cc3)cc2c(=O)n1C(c1ccccc1)c1ccccc1. The van der Waals surface area contributed by atoms with E-state index in [0.29, 0.717) is 16.7 Å². The summed E-state index contributed by atoms with van der Waals surface area (Å²) in [7, 11) is -1.40. The van der Waals surface area contributed by atoms with E-state index >= 15 is 0 Å². The molecule has 0 saturated carbocycles.